The Kier molecular flexibility index (Phi) is 3.77. The van der Waals surface area contributed by atoms with Gasteiger partial charge in [-0.1, -0.05) is 0 Å². The van der Waals surface area contributed by atoms with Gasteiger partial charge in [0.05, 0.1) is 0 Å². The Morgan fingerprint density at radius 2 is 2.10 bits per heavy atom. The molecule has 0 radical (unpaired) electrons. The zero-order valence-electron chi connectivity index (χ0n) is 5.96. The van der Waals surface area contributed by atoms with E-state index in [9.17, 15) is 12.8 Å². The summed E-state index contributed by atoms with van der Waals surface area (Å²) in [6, 6.07) is 0. The lowest BCUT2D eigenvalue weighted by Gasteiger charge is -2.13. The van der Waals surface area contributed by atoms with Crippen LogP contribution in [0.5, 0.6) is 0 Å². The van der Waals surface area contributed by atoms with Gasteiger partial charge in [0.2, 0.25) is 0 Å². The van der Waals surface area contributed by atoms with Gasteiger partial charge >= 0.3 is 0 Å². The van der Waals surface area contributed by atoms with Crippen LogP contribution in [0.1, 0.15) is 0 Å². The van der Waals surface area contributed by atoms with Crippen molar-refractivity contribution in [3.05, 3.63) is 0 Å². The molecular weight excluding hydrogens is 159 g/mol. The Balaban J connectivity index is 4.06. The van der Waals surface area contributed by atoms with E-state index in [1.54, 1.807) is 0 Å². The summed E-state index contributed by atoms with van der Waals surface area (Å²) in [6.07, 6.45) is 0. The lowest BCUT2D eigenvalue weighted by atomic mass is 10.7. The number of nitrogens with one attached hydrogen (secondary N) is 1. The van der Waals surface area contributed by atoms with Gasteiger partial charge in [0.1, 0.15) is 6.67 Å². The third kappa shape index (κ3) is 2.59. The molecule has 0 rings (SSSR count). The second-order valence-electron chi connectivity index (χ2n) is 1.72. The highest BCUT2D eigenvalue weighted by Gasteiger charge is 2.13. The topological polar surface area (TPSA) is 49.4 Å². The molecule has 1 N–H and O–H groups in total. The molecule has 6 heteroatoms. The second-order valence-corrected chi connectivity index (χ2v) is 3.70. The van der Waals surface area contributed by atoms with Crippen LogP contribution in [0.15, 0.2) is 0 Å². The van der Waals surface area contributed by atoms with E-state index in [1.807, 2.05) is 0 Å². The summed E-state index contributed by atoms with van der Waals surface area (Å²) in [5.41, 5.74) is 0. The van der Waals surface area contributed by atoms with Gasteiger partial charge in [0.15, 0.2) is 0 Å². The van der Waals surface area contributed by atoms with E-state index >= 15 is 0 Å². The molecule has 0 saturated heterocycles. The van der Waals surface area contributed by atoms with Crippen LogP contribution in [-0.2, 0) is 10.2 Å². The number of hydrogen-bond donors (Lipinski definition) is 1. The summed E-state index contributed by atoms with van der Waals surface area (Å²) in [7, 11) is -0.824. The molecule has 0 aliphatic heterocycles. The molecule has 10 heavy (non-hydrogen) atoms. The fourth-order valence-electron chi connectivity index (χ4n) is 0.395. The third-order valence-electron chi connectivity index (χ3n) is 1.07. The van der Waals surface area contributed by atoms with Crippen molar-refractivity contribution in [3.8, 4) is 0 Å². The average Bonchev–Trinajstić information content (AvgIpc) is 1.89. The molecule has 0 aromatic carbocycles. The molecule has 0 amide bonds. The van der Waals surface area contributed by atoms with Gasteiger partial charge in [-0.25, -0.2) is 9.11 Å². The molecule has 4 nitrogen and oxygen atoms in total. The molecule has 0 aromatic rings. The normalized spacial score (nSPS) is 12.4. The van der Waals surface area contributed by atoms with E-state index in [0.29, 0.717) is 0 Å². The maximum atomic E-state index is 11.6. The quantitative estimate of drug-likeness (QED) is 0.609. The van der Waals surface area contributed by atoms with Crippen LogP contribution in [0, 0.1) is 0 Å². The van der Waals surface area contributed by atoms with Crippen LogP contribution in [0.25, 0.3) is 0 Å². The SMILES string of the molecule is CNS(=O)(=O)N(C)CCF. The van der Waals surface area contributed by atoms with Crippen molar-refractivity contribution in [2.24, 2.45) is 0 Å². The number of hydrogen-bond acceptors (Lipinski definition) is 2. The number of halogens is 1. The Hall–Kier alpha value is -0.200. The fourth-order valence-corrected chi connectivity index (χ4v) is 1.02. The van der Waals surface area contributed by atoms with Gasteiger partial charge in [-0.3, -0.25) is 0 Å². The van der Waals surface area contributed by atoms with Crippen molar-refractivity contribution in [1.82, 2.24) is 9.03 Å². The van der Waals surface area contributed by atoms with Crippen LogP contribution >= 0.6 is 0 Å². The minimum absolute atomic E-state index is 0.108. The highest BCUT2D eigenvalue weighted by molar-refractivity contribution is 7.87. The maximum absolute atomic E-state index is 11.6. The van der Waals surface area contributed by atoms with Gasteiger partial charge in [0.25, 0.3) is 10.2 Å². The molecule has 0 spiro atoms. The van der Waals surface area contributed by atoms with E-state index in [0.717, 1.165) is 4.31 Å². The van der Waals surface area contributed by atoms with E-state index in [-0.39, 0.29) is 6.54 Å². The van der Waals surface area contributed by atoms with Gasteiger partial charge in [-0.2, -0.15) is 12.7 Å². The van der Waals surface area contributed by atoms with Crippen LogP contribution in [0.2, 0.25) is 0 Å². The van der Waals surface area contributed by atoms with E-state index < -0.39 is 16.9 Å². The van der Waals surface area contributed by atoms with Crippen LogP contribution < -0.4 is 4.72 Å². The first-order valence-electron chi connectivity index (χ1n) is 2.75. The van der Waals surface area contributed by atoms with E-state index in [1.165, 1.54) is 14.1 Å². The molecule has 0 aromatic heterocycles. The number of nitrogens with zero attached hydrogens (tertiary/aromatic N) is 1. The minimum Gasteiger partial charge on any atom is -0.250 e. The minimum atomic E-state index is -3.42. The third-order valence-corrected chi connectivity index (χ3v) is 2.59. The molecule has 62 valence electrons. The Labute approximate surface area is 60.2 Å². The second kappa shape index (κ2) is 3.85. The number of alkyl halides is 1. The van der Waals surface area contributed by atoms with Crippen LogP contribution in [0.3, 0.4) is 0 Å². The maximum Gasteiger partial charge on any atom is 0.279 e. The summed E-state index contributed by atoms with van der Waals surface area (Å²) in [5, 5.41) is 0. The predicted molar refractivity (Wildman–Crippen MR) is 36.6 cm³/mol. The van der Waals surface area contributed by atoms with Gasteiger partial charge in [-0.05, 0) is 0 Å². The summed E-state index contributed by atoms with van der Waals surface area (Å²) >= 11 is 0. The molecular formula is C4H11FN2O2S. The van der Waals surface area contributed by atoms with Gasteiger partial charge in [-0.15, -0.1) is 0 Å². The van der Waals surface area contributed by atoms with Crippen molar-refractivity contribution in [1.29, 1.82) is 0 Å². The Morgan fingerprint density at radius 1 is 1.60 bits per heavy atom. The molecule has 0 saturated carbocycles. The molecule has 0 fully saturated rings. The molecule has 0 aliphatic carbocycles. The first kappa shape index (κ1) is 9.80. The standard InChI is InChI=1S/C4H11FN2O2S/c1-6-10(8,9)7(2)4-3-5/h6H,3-4H2,1-2H3. The smallest absolute Gasteiger partial charge is 0.250 e. The molecule has 0 atom stereocenters. The molecule has 0 heterocycles. The Morgan fingerprint density at radius 3 is 2.40 bits per heavy atom. The van der Waals surface area contributed by atoms with Crippen molar-refractivity contribution in [2.75, 3.05) is 27.3 Å². The summed E-state index contributed by atoms with van der Waals surface area (Å²) in [6.45, 7) is -0.777. The zero-order valence-corrected chi connectivity index (χ0v) is 6.78. The lowest BCUT2D eigenvalue weighted by molar-refractivity contribution is 0.391. The fraction of sp³-hybridized carbons (Fsp3) is 1.00. The van der Waals surface area contributed by atoms with Crippen molar-refractivity contribution < 1.29 is 12.8 Å². The van der Waals surface area contributed by atoms with Crippen LogP contribution in [0.4, 0.5) is 4.39 Å². The van der Waals surface area contributed by atoms with Gasteiger partial charge < -0.3 is 0 Å². The highest BCUT2D eigenvalue weighted by atomic mass is 32.2. The predicted octanol–water partition coefficient (Wildman–Crippen LogP) is -0.648. The zero-order chi connectivity index (χ0) is 8.20. The molecule has 0 unspecified atom stereocenters. The number of rotatable bonds is 4. The lowest BCUT2D eigenvalue weighted by Crippen LogP contribution is -2.37. The highest BCUT2D eigenvalue weighted by Crippen LogP contribution is 1.90. The summed E-state index contributed by atoms with van der Waals surface area (Å²) in [4.78, 5) is 0. The largest absolute Gasteiger partial charge is 0.279 e. The monoisotopic (exact) mass is 170 g/mol. The van der Waals surface area contributed by atoms with Gasteiger partial charge in [0, 0.05) is 20.6 Å². The van der Waals surface area contributed by atoms with Crippen LogP contribution in [-0.4, -0.2) is 40.0 Å². The summed E-state index contributed by atoms with van der Waals surface area (Å²) in [5.74, 6) is 0. The van der Waals surface area contributed by atoms with Crippen molar-refractivity contribution in [2.45, 2.75) is 0 Å². The summed E-state index contributed by atoms with van der Waals surface area (Å²) < 4.78 is 36.0. The first-order valence-corrected chi connectivity index (χ1v) is 4.19. The van der Waals surface area contributed by atoms with Crippen molar-refractivity contribution in [3.63, 3.8) is 0 Å². The average molecular weight is 170 g/mol. The first-order chi connectivity index (χ1) is 4.54. The molecule has 0 bridgehead atoms. The van der Waals surface area contributed by atoms with Crippen molar-refractivity contribution >= 4 is 10.2 Å². The van der Waals surface area contributed by atoms with E-state index in [4.69, 9.17) is 0 Å². The molecule has 0 aliphatic rings. The van der Waals surface area contributed by atoms with E-state index in [2.05, 4.69) is 4.72 Å². The Bertz CT molecular complexity index is 180.